The summed E-state index contributed by atoms with van der Waals surface area (Å²) >= 11 is 3.00. The molecule has 1 amide bonds. The highest BCUT2D eigenvalue weighted by Gasteiger charge is 2.35. The average molecular weight is 353 g/mol. The molecule has 1 aliphatic heterocycles. The first-order valence-corrected chi connectivity index (χ1v) is 10.2. The van der Waals surface area contributed by atoms with E-state index in [-0.39, 0.29) is 5.91 Å². The minimum Gasteiger partial charge on any atom is -0.357 e. The summed E-state index contributed by atoms with van der Waals surface area (Å²) in [6.45, 7) is 5.27. The first-order chi connectivity index (χ1) is 11.3. The van der Waals surface area contributed by atoms with E-state index in [1.54, 1.807) is 6.08 Å². The Hall–Kier alpha value is -1.08. The van der Waals surface area contributed by atoms with E-state index >= 15 is 0 Å². The van der Waals surface area contributed by atoms with E-state index in [1.807, 2.05) is 0 Å². The predicted molar refractivity (Wildman–Crippen MR) is 96.0 cm³/mol. The normalized spacial score (nSPS) is 24.1. The predicted octanol–water partition coefficient (Wildman–Crippen LogP) is 3.41. The van der Waals surface area contributed by atoms with Crippen molar-refractivity contribution in [1.82, 2.24) is 15.1 Å². The molecule has 5 nitrogen and oxygen atoms in total. The van der Waals surface area contributed by atoms with Crippen LogP contribution in [0.25, 0.3) is 0 Å². The van der Waals surface area contributed by atoms with Gasteiger partial charge in [-0.25, -0.2) is 0 Å². The molecule has 1 N–H and O–H groups in total. The van der Waals surface area contributed by atoms with Gasteiger partial charge in [-0.2, -0.15) is 0 Å². The lowest BCUT2D eigenvalue weighted by Crippen LogP contribution is -2.50. The number of hydrogen-bond donors (Lipinski definition) is 1. The minimum atomic E-state index is 0.266. The molecule has 0 unspecified atom stereocenters. The largest absolute Gasteiger partial charge is 0.357 e. The molecule has 2 atom stereocenters. The number of nitrogens with zero attached hydrogens (tertiary/aromatic N) is 3. The number of rotatable bonds is 6. The number of carbonyl (C=O) groups excluding carboxylic acids is 1. The van der Waals surface area contributed by atoms with Crippen LogP contribution in [0.3, 0.4) is 0 Å². The van der Waals surface area contributed by atoms with Crippen molar-refractivity contribution in [2.24, 2.45) is 5.92 Å². The zero-order chi connectivity index (χ0) is 16.1. The zero-order valence-electron chi connectivity index (χ0n) is 13.4. The van der Waals surface area contributed by atoms with Crippen molar-refractivity contribution in [3.05, 3.63) is 12.7 Å². The molecule has 1 aromatic heterocycles. The highest BCUT2D eigenvalue weighted by Crippen LogP contribution is 2.36. The minimum absolute atomic E-state index is 0.266. The molecule has 0 spiro atoms. The maximum absolute atomic E-state index is 12.6. The van der Waals surface area contributed by atoms with E-state index in [0.717, 1.165) is 28.4 Å². The second-order valence-electron chi connectivity index (χ2n) is 6.17. The van der Waals surface area contributed by atoms with Gasteiger partial charge in [-0.1, -0.05) is 42.0 Å². The van der Waals surface area contributed by atoms with Gasteiger partial charge in [0.2, 0.25) is 11.0 Å². The monoisotopic (exact) mass is 352 g/mol. The summed E-state index contributed by atoms with van der Waals surface area (Å²) in [5, 5.41) is 12.1. The third kappa shape index (κ3) is 4.26. The molecule has 1 saturated heterocycles. The summed E-state index contributed by atoms with van der Waals surface area (Å²) in [5.41, 5.74) is 0. The number of likely N-dealkylation sites (tertiary alicyclic amines) is 1. The van der Waals surface area contributed by atoms with Crippen molar-refractivity contribution in [2.75, 3.05) is 24.2 Å². The smallest absolute Gasteiger partial charge is 0.233 e. The van der Waals surface area contributed by atoms with Crippen LogP contribution in [0, 0.1) is 5.92 Å². The number of fused-ring (bicyclic) bond motifs is 1. The van der Waals surface area contributed by atoms with Crippen molar-refractivity contribution in [1.29, 1.82) is 0 Å². The van der Waals surface area contributed by atoms with E-state index in [1.165, 1.54) is 55.2 Å². The number of aromatic nitrogens is 2. The molecule has 3 rings (SSSR count). The maximum Gasteiger partial charge on any atom is 0.233 e. The van der Waals surface area contributed by atoms with Crippen LogP contribution in [0.15, 0.2) is 17.0 Å². The van der Waals surface area contributed by atoms with Crippen molar-refractivity contribution >= 4 is 34.1 Å². The standard InChI is InChI=1S/C16H24N4OS2/c1-2-9-17-15-18-19-16(23-15)22-11-14(21)20-10-5-7-12-6-3-4-8-13(12)20/h2,12-13H,1,3-11H2,(H,17,18)/t12-,13+/m1/s1. The highest BCUT2D eigenvalue weighted by atomic mass is 32.2. The van der Waals surface area contributed by atoms with E-state index in [4.69, 9.17) is 0 Å². The van der Waals surface area contributed by atoms with Gasteiger partial charge < -0.3 is 10.2 Å². The third-order valence-corrected chi connectivity index (χ3v) is 6.69. The van der Waals surface area contributed by atoms with E-state index in [2.05, 4.69) is 27.0 Å². The Morgan fingerprint density at radius 1 is 1.35 bits per heavy atom. The van der Waals surface area contributed by atoms with Crippen molar-refractivity contribution in [2.45, 2.75) is 48.9 Å². The fourth-order valence-corrected chi connectivity index (χ4v) is 5.28. The van der Waals surface area contributed by atoms with Crippen LogP contribution in [-0.2, 0) is 4.79 Å². The molecule has 1 aromatic rings. The van der Waals surface area contributed by atoms with Crippen molar-refractivity contribution < 1.29 is 4.79 Å². The Labute approximate surface area is 145 Å². The molecule has 7 heteroatoms. The Bertz CT molecular complexity index is 546. The van der Waals surface area contributed by atoms with Crippen LogP contribution in [0.4, 0.5) is 5.13 Å². The van der Waals surface area contributed by atoms with Gasteiger partial charge in [-0.05, 0) is 31.6 Å². The van der Waals surface area contributed by atoms with Crippen LogP contribution in [0.1, 0.15) is 38.5 Å². The summed E-state index contributed by atoms with van der Waals surface area (Å²) in [7, 11) is 0. The molecule has 2 aliphatic rings. The van der Waals surface area contributed by atoms with E-state index < -0.39 is 0 Å². The number of amides is 1. The Balaban J connectivity index is 1.52. The Morgan fingerprint density at radius 2 is 2.17 bits per heavy atom. The van der Waals surface area contributed by atoms with Gasteiger partial charge in [-0.15, -0.1) is 16.8 Å². The molecule has 0 bridgehead atoms. The fourth-order valence-electron chi connectivity index (χ4n) is 3.64. The van der Waals surface area contributed by atoms with E-state index in [0.29, 0.717) is 18.3 Å². The first-order valence-electron chi connectivity index (χ1n) is 8.38. The molecule has 1 saturated carbocycles. The first kappa shape index (κ1) is 16.8. The lowest BCUT2D eigenvalue weighted by molar-refractivity contribution is -0.134. The third-order valence-electron chi connectivity index (χ3n) is 4.69. The summed E-state index contributed by atoms with van der Waals surface area (Å²) in [5.74, 6) is 1.48. The van der Waals surface area contributed by atoms with Gasteiger partial charge in [0.1, 0.15) is 0 Å². The molecule has 126 valence electrons. The lowest BCUT2D eigenvalue weighted by atomic mass is 9.78. The molecular formula is C16H24N4OS2. The van der Waals surface area contributed by atoms with Gasteiger partial charge in [0.05, 0.1) is 5.75 Å². The van der Waals surface area contributed by atoms with E-state index in [9.17, 15) is 4.79 Å². The van der Waals surface area contributed by atoms with Crippen LogP contribution in [-0.4, -0.2) is 45.9 Å². The molecule has 0 radical (unpaired) electrons. The molecular weight excluding hydrogens is 328 g/mol. The second-order valence-corrected chi connectivity index (χ2v) is 8.37. The van der Waals surface area contributed by atoms with Gasteiger partial charge in [-0.3, -0.25) is 4.79 Å². The van der Waals surface area contributed by atoms with Gasteiger partial charge >= 0.3 is 0 Å². The number of thioether (sulfide) groups is 1. The molecule has 2 heterocycles. The summed E-state index contributed by atoms with van der Waals surface area (Å²) in [6, 6.07) is 0.491. The number of anilines is 1. The van der Waals surface area contributed by atoms with Gasteiger partial charge in [0, 0.05) is 19.1 Å². The SMILES string of the molecule is C=CCNc1nnc(SCC(=O)N2CCC[C@H]3CCCC[C@@H]32)s1. The lowest BCUT2D eigenvalue weighted by Gasteiger charge is -2.44. The van der Waals surface area contributed by atoms with Crippen LogP contribution in [0.2, 0.25) is 0 Å². The summed E-state index contributed by atoms with van der Waals surface area (Å²) < 4.78 is 0.849. The van der Waals surface area contributed by atoms with Crippen molar-refractivity contribution in [3.8, 4) is 0 Å². The Morgan fingerprint density at radius 3 is 3.04 bits per heavy atom. The summed E-state index contributed by atoms with van der Waals surface area (Å²) in [6.07, 6.45) is 9.35. The number of carbonyl (C=O) groups is 1. The maximum atomic E-state index is 12.6. The van der Waals surface area contributed by atoms with Crippen molar-refractivity contribution in [3.63, 3.8) is 0 Å². The second kappa shape index (κ2) is 8.15. The summed E-state index contributed by atoms with van der Waals surface area (Å²) in [4.78, 5) is 14.8. The molecule has 2 fully saturated rings. The molecule has 0 aromatic carbocycles. The Kier molecular flexibility index (Phi) is 5.94. The average Bonchev–Trinajstić information content (AvgIpc) is 3.05. The van der Waals surface area contributed by atoms with Gasteiger partial charge in [0.15, 0.2) is 4.34 Å². The highest BCUT2D eigenvalue weighted by molar-refractivity contribution is 8.01. The van der Waals surface area contributed by atoms with Gasteiger partial charge in [0.25, 0.3) is 0 Å². The van der Waals surface area contributed by atoms with Crippen LogP contribution < -0.4 is 5.32 Å². The topological polar surface area (TPSA) is 58.1 Å². The number of hydrogen-bond acceptors (Lipinski definition) is 6. The quantitative estimate of drug-likeness (QED) is 0.628. The number of nitrogens with one attached hydrogen (secondary N) is 1. The van der Waals surface area contributed by atoms with Crippen LogP contribution >= 0.6 is 23.1 Å². The molecule has 23 heavy (non-hydrogen) atoms. The zero-order valence-corrected chi connectivity index (χ0v) is 15.0. The fraction of sp³-hybridized carbons (Fsp3) is 0.688. The van der Waals surface area contributed by atoms with Crippen LogP contribution in [0.5, 0.6) is 0 Å². The number of piperidine rings is 1. The molecule has 1 aliphatic carbocycles.